The molecular weight excluding hydrogens is 256 g/mol. The van der Waals surface area contributed by atoms with Gasteiger partial charge in [0.25, 0.3) is 0 Å². The van der Waals surface area contributed by atoms with Gasteiger partial charge < -0.3 is 4.90 Å². The second kappa shape index (κ2) is 5.27. The second-order valence-corrected chi connectivity index (χ2v) is 5.90. The highest BCUT2D eigenvalue weighted by Gasteiger charge is 2.23. The van der Waals surface area contributed by atoms with Crippen LogP contribution < -0.4 is 0 Å². The Bertz CT molecular complexity index is 595. The largest absolute Gasteiger partial charge is 0.302 e. The van der Waals surface area contributed by atoms with Crippen molar-refractivity contribution in [3.63, 3.8) is 0 Å². The van der Waals surface area contributed by atoms with E-state index < -0.39 is 0 Å². The molecule has 102 valence electrons. The van der Waals surface area contributed by atoms with Crippen LogP contribution in [-0.4, -0.2) is 39.3 Å². The lowest BCUT2D eigenvalue weighted by Crippen LogP contribution is -2.42. The number of likely N-dealkylation sites (N-methyl/N-ethyl adjacent to an activating group) is 1. The molecule has 19 heavy (non-hydrogen) atoms. The smallest absolute Gasteiger partial charge is 0.195 e. The maximum atomic E-state index is 5.35. The topological polar surface area (TPSA) is 36.9 Å². The quantitative estimate of drug-likeness (QED) is 0.872. The van der Waals surface area contributed by atoms with Crippen LogP contribution >= 0.6 is 12.2 Å². The fourth-order valence-electron chi connectivity index (χ4n) is 1.80. The summed E-state index contributed by atoms with van der Waals surface area (Å²) in [5.41, 5.74) is 1.08. The number of benzene rings is 1. The summed E-state index contributed by atoms with van der Waals surface area (Å²) in [6, 6.07) is 10.1. The molecule has 0 radical (unpaired) electrons. The van der Waals surface area contributed by atoms with Crippen molar-refractivity contribution in [2.75, 3.05) is 14.1 Å². The molecule has 0 saturated heterocycles. The van der Waals surface area contributed by atoms with Crippen LogP contribution in [0.4, 0.5) is 0 Å². The second-order valence-electron chi connectivity index (χ2n) is 5.51. The van der Waals surface area contributed by atoms with E-state index in [9.17, 15) is 0 Å². The highest BCUT2D eigenvalue weighted by molar-refractivity contribution is 7.71. The molecule has 0 amide bonds. The van der Waals surface area contributed by atoms with E-state index in [1.165, 1.54) is 0 Å². The van der Waals surface area contributed by atoms with Crippen molar-refractivity contribution in [1.82, 2.24) is 19.7 Å². The molecule has 0 saturated carbocycles. The SMILES string of the molecule is CN(C)C(C)(C)Cn1c(-c2ccccc2)n[nH]c1=S. The number of H-pyrrole nitrogens is 1. The molecule has 0 fully saturated rings. The van der Waals surface area contributed by atoms with Crippen LogP contribution in [0.3, 0.4) is 0 Å². The summed E-state index contributed by atoms with van der Waals surface area (Å²) in [4.78, 5) is 2.19. The number of nitrogens with zero attached hydrogens (tertiary/aromatic N) is 3. The van der Waals surface area contributed by atoms with Crippen molar-refractivity contribution >= 4 is 12.2 Å². The summed E-state index contributed by atoms with van der Waals surface area (Å²) in [6.45, 7) is 5.17. The summed E-state index contributed by atoms with van der Waals surface area (Å²) >= 11 is 5.35. The molecule has 0 atom stereocenters. The molecule has 1 N–H and O–H groups in total. The predicted molar refractivity (Wildman–Crippen MR) is 80.6 cm³/mol. The summed E-state index contributed by atoms with van der Waals surface area (Å²) < 4.78 is 2.72. The van der Waals surface area contributed by atoms with E-state index in [1.54, 1.807) is 0 Å². The first-order valence-electron chi connectivity index (χ1n) is 6.30. The summed E-state index contributed by atoms with van der Waals surface area (Å²) in [5, 5.41) is 7.25. The Balaban J connectivity index is 2.42. The van der Waals surface area contributed by atoms with Gasteiger partial charge >= 0.3 is 0 Å². The predicted octanol–water partition coefficient (Wildman–Crippen LogP) is 2.95. The minimum atomic E-state index is 0.00559. The molecule has 1 aromatic carbocycles. The third kappa shape index (κ3) is 2.93. The van der Waals surface area contributed by atoms with Crippen LogP contribution in [0.15, 0.2) is 30.3 Å². The minimum Gasteiger partial charge on any atom is -0.302 e. The standard InChI is InChI=1S/C14H20N4S/c1-14(2,17(3)4)10-18-12(15-16-13(18)19)11-8-6-5-7-9-11/h5-9H,10H2,1-4H3,(H,16,19). The highest BCUT2D eigenvalue weighted by atomic mass is 32.1. The van der Waals surface area contributed by atoms with E-state index in [2.05, 4.69) is 47.6 Å². The Morgan fingerprint density at radius 3 is 2.47 bits per heavy atom. The van der Waals surface area contributed by atoms with Crippen LogP contribution in [0.1, 0.15) is 13.8 Å². The van der Waals surface area contributed by atoms with Gasteiger partial charge in [-0.1, -0.05) is 30.3 Å². The number of hydrogen-bond donors (Lipinski definition) is 1. The molecule has 0 spiro atoms. The molecule has 2 aromatic rings. The Morgan fingerprint density at radius 2 is 1.89 bits per heavy atom. The van der Waals surface area contributed by atoms with Crippen LogP contribution in [-0.2, 0) is 6.54 Å². The maximum absolute atomic E-state index is 5.35. The number of rotatable bonds is 4. The number of hydrogen-bond acceptors (Lipinski definition) is 3. The third-order valence-corrected chi connectivity index (χ3v) is 3.86. The van der Waals surface area contributed by atoms with E-state index in [1.807, 2.05) is 30.3 Å². The van der Waals surface area contributed by atoms with Crippen LogP contribution in [0, 0.1) is 4.77 Å². The first-order valence-corrected chi connectivity index (χ1v) is 6.71. The monoisotopic (exact) mass is 276 g/mol. The van der Waals surface area contributed by atoms with E-state index in [-0.39, 0.29) is 5.54 Å². The first-order chi connectivity index (χ1) is 8.92. The lowest BCUT2D eigenvalue weighted by molar-refractivity contribution is 0.169. The van der Waals surface area contributed by atoms with Crippen molar-refractivity contribution < 1.29 is 0 Å². The maximum Gasteiger partial charge on any atom is 0.195 e. The molecule has 2 rings (SSSR count). The van der Waals surface area contributed by atoms with Gasteiger partial charge in [-0.3, -0.25) is 9.67 Å². The first kappa shape index (κ1) is 14.0. The van der Waals surface area contributed by atoms with E-state index >= 15 is 0 Å². The van der Waals surface area contributed by atoms with Gasteiger partial charge in [-0.05, 0) is 40.2 Å². The number of nitrogens with one attached hydrogen (secondary N) is 1. The van der Waals surface area contributed by atoms with Crippen molar-refractivity contribution in [3.8, 4) is 11.4 Å². The van der Waals surface area contributed by atoms with E-state index in [0.29, 0.717) is 4.77 Å². The summed E-state index contributed by atoms with van der Waals surface area (Å²) in [7, 11) is 4.15. The normalized spacial score (nSPS) is 12.1. The molecule has 0 bridgehead atoms. The van der Waals surface area contributed by atoms with Gasteiger partial charge in [0.15, 0.2) is 10.6 Å². The fraction of sp³-hybridized carbons (Fsp3) is 0.429. The molecule has 0 aliphatic rings. The van der Waals surface area contributed by atoms with Crippen molar-refractivity contribution in [3.05, 3.63) is 35.1 Å². The minimum absolute atomic E-state index is 0.00559. The molecule has 1 aromatic heterocycles. The van der Waals surface area contributed by atoms with E-state index in [0.717, 1.165) is 17.9 Å². The highest BCUT2D eigenvalue weighted by Crippen LogP contribution is 2.21. The van der Waals surface area contributed by atoms with Crippen LogP contribution in [0.2, 0.25) is 0 Å². The van der Waals surface area contributed by atoms with Gasteiger partial charge in [-0.2, -0.15) is 5.10 Å². The zero-order chi connectivity index (χ0) is 14.0. The average Bonchev–Trinajstić information content (AvgIpc) is 2.71. The van der Waals surface area contributed by atoms with Gasteiger partial charge in [-0.25, -0.2) is 0 Å². The zero-order valence-electron chi connectivity index (χ0n) is 11.8. The Kier molecular flexibility index (Phi) is 3.87. The number of aromatic amines is 1. The summed E-state index contributed by atoms with van der Waals surface area (Å²) in [5.74, 6) is 0.889. The molecular formula is C14H20N4S. The van der Waals surface area contributed by atoms with Crippen molar-refractivity contribution in [2.24, 2.45) is 0 Å². The summed E-state index contributed by atoms with van der Waals surface area (Å²) in [6.07, 6.45) is 0. The van der Waals surface area contributed by atoms with Crippen LogP contribution in [0.5, 0.6) is 0 Å². The van der Waals surface area contributed by atoms with Gasteiger partial charge in [0.1, 0.15) is 0 Å². The Hall–Kier alpha value is -1.46. The fourth-order valence-corrected chi connectivity index (χ4v) is 2.00. The zero-order valence-corrected chi connectivity index (χ0v) is 12.7. The lowest BCUT2D eigenvalue weighted by Gasteiger charge is -2.33. The average molecular weight is 276 g/mol. The van der Waals surface area contributed by atoms with Crippen molar-refractivity contribution in [1.29, 1.82) is 0 Å². The Labute approximate surface area is 119 Å². The van der Waals surface area contributed by atoms with Gasteiger partial charge in [-0.15, -0.1) is 0 Å². The Morgan fingerprint density at radius 1 is 1.26 bits per heavy atom. The van der Waals surface area contributed by atoms with Crippen molar-refractivity contribution in [2.45, 2.75) is 25.9 Å². The lowest BCUT2D eigenvalue weighted by atomic mass is 10.0. The molecule has 5 heteroatoms. The van der Waals surface area contributed by atoms with Gasteiger partial charge in [0, 0.05) is 17.6 Å². The van der Waals surface area contributed by atoms with E-state index in [4.69, 9.17) is 12.2 Å². The third-order valence-electron chi connectivity index (χ3n) is 3.55. The molecule has 0 aliphatic heterocycles. The number of aromatic nitrogens is 3. The van der Waals surface area contributed by atoms with Gasteiger partial charge in [0.2, 0.25) is 0 Å². The molecule has 0 aliphatic carbocycles. The van der Waals surface area contributed by atoms with Gasteiger partial charge in [0.05, 0.1) is 0 Å². The van der Waals surface area contributed by atoms with Crippen LogP contribution in [0.25, 0.3) is 11.4 Å². The molecule has 4 nitrogen and oxygen atoms in total. The molecule has 1 heterocycles. The molecule has 0 unspecified atom stereocenters.